The molecule has 5 heteroatoms. The summed E-state index contributed by atoms with van der Waals surface area (Å²) in [6.45, 7) is 0.680. The van der Waals surface area contributed by atoms with Gasteiger partial charge in [-0.1, -0.05) is 18.2 Å². The van der Waals surface area contributed by atoms with Crippen LogP contribution in [0.25, 0.3) is 0 Å². The molecule has 2 aliphatic carbocycles. The molecule has 0 unspecified atom stereocenters. The zero-order valence-corrected chi connectivity index (χ0v) is 13.3. The zero-order valence-electron chi connectivity index (χ0n) is 12.5. The van der Waals surface area contributed by atoms with Crippen molar-refractivity contribution >= 4 is 23.6 Å². The van der Waals surface area contributed by atoms with Crippen LogP contribution in [0.4, 0.5) is 0 Å². The fraction of sp³-hybridized carbons (Fsp3) is 0.529. The van der Waals surface area contributed by atoms with E-state index in [4.69, 9.17) is 5.11 Å². The molecule has 0 aromatic heterocycles. The van der Waals surface area contributed by atoms with Gasteiger partial charge >= 0.3 is 5.97 Å². The molecule has 4 nitrogen and oxygen atoms in total. The summed E-state index contributed by atoms with van der Waals surface area (Å²) < 4.78 is 0.141. The van der Waals surface area contributed by atoms with E-state index >= 15 is 0 Å². The Labute approximate surface area is 134 Å². The molecule has 2 fully saturated rings. The molecular formula is C17H21NO3S. The topological polar surface area (TPSA) is 66.4 Å². The molecule has 0 radical (unpaired) electrons. The van der Waals surface area contributed by atoms with E-state index in [0.717, 1.165) is 12.8 Å². The molecule has 0 bridgehead atoms. The van der Waals surface area contributed by atoms with Gasteiger partial charge in [0.05, 0.1) is 5.92 Å². The molecule has 0 saturated heterocycles. The molecule has 118 valence electrons. The number of carbonyl (C=O) groups is 2. The van der Waals surface area contributed by atoms with E-state index in [1.165, 1.54) is 4.90 Å². The van der Waals surface area contributed by atoms with Crippen molar-refractivity contribution in [2.45, 2.75) is 41.7 Å². The van der Waals surface area contributed by atoms with Crippen LogP contribution in [0.5, 0.6) is 0 Å². The highest BCUT2D eigenvalue weighted by Gasteiger charge is 2.44. The van der Waals surface area contributed by atoms with Crippen molar-refractivity contribution in [2.24, 2.45) is 11.8 Å². The molecule has 2 saturated carbocycles. The fourth-order valence-corrected chi connectivity index (χ4v) is 4.27. The minimum Gasteiger partial charge on any atom is -0.481 e. The minimum atomic E-state index is -0.770. The molecule has 3 rings (SSSR count). The maximum atomic E-state index is 12.2. The van der Waals surface area contributed by atoms with Crippen LogP contribution in [0, 0.1) is 11.8 Å². The predicted molar refractivity (Wildman–Crippen MR) is 85.7 cm³/mol. The molecule has 2 aliphatic rings. The van der Waals surface area contributed by atoms with Crippen LogP contribution in [0.2, 0.25) is 0 Å². The number of thioether (sulfide) groups is 1. The molecule has 1 aromatic carbocycles. The van der Waals surface area contributed by atoms with Crippen molar-refractivity contribution in [3.05, 3.63) is 30.3 Å². The van der Waals surface area contributed by atoms with Gasteiger partial charge in [0.25, 0.3) is 0 Å². The van der Waals surface area contributed by atoms with E-state index in [0.29, 0.717) is 25.8 Å². The Hall–Kier alpha value is -1.49. The van der Waals surface area contributed by atoms with Crippen LogP contribution >= 0.6 is 11.8 Å². The number of aliphatic carboxylic acids is 1. The third-order valence-electron chi connectivity index (χ3n) is 4.62. The normalized spacial score (nSPS) is 25.6. The summed E-state index contributed by atoms with van der Waals surface area (Å²) in [6.07, 6.45) is 4.05. The molecule has 2 atom stereocenters. The highest BCUT2D eigenvalue weighted by Crippen LogP contribution is 2.51. The largest absolute Gasteiger partial charge is 0.481 e. The van der Waals surface area contributed by atoms with Gasteiger partial charge in [-0.3, -0.25) is 9.59 Å². The Morgan fingerprint density at radius 2 is 1.86 bits per heavy atom. The number of carboxylic acid groups (broad SMARTS) is 1. The van der Waals surface area contributed by atoms with Crippen molar-refractivity contribution in [2.75, 3.05) is 6.54 Å². The lowest BCUT2D eigenvalue weighted by Crippen LogP contribution is -2.35. The van der Waals surface area contributed by atoms with Gasteiger partial charge in [0.15, 0.2) is 0 Å². The lowest BCUT2D eigenvalue weighted by Gasteiger charge is -2.17. The average Bonchev–Trinajstić information content (AvgIpc) is 3.09. The van der Waals surface area contributed by atoms with Crippen LogP contribution in [0.1, 0.15) is 32.1 Å². The Kier molecular flexibility index (Phi) is 4.43. The summed E-state index contributed by atoms with van der Waals surface area (Å²) in [5.41, 5.74) is 0. The first-order chi connectivity index (χ1) is 10.6. The molecule has 0 heterocycles. The second-order valence-corrected chi connectivity index (χ2v) is 7.90. The highest BCUT2D eigenvalue weighted by atomic mass is 32.2. The molecule has 1 aromatic rings. The number of amides is 1. The van der Waals surface area contributed by atoms with Crippen LogP contribution in [-0.2, 0) is 9.59 Å². The third kappa shape index (κ3) is 3.64. The van der Waals surface area contributed by atoms with Crippen LogP contribution in [0.3, 0.4) is 0 Å². The summed E-state index contributed by atoms with van der Waals surface area (Å²) in [6, 6.07) is 10.3. The van der Waals surface area contributed by atoms with Gasteiger partial charge in [0.2, 0.25) is 5.91 Å². The minimum absolute atomic E-state index is 0.0312. The quantitative estimate of drug-likeness (QED) is 0.846. The number of hydrogen-bond donors (Lipinski definition) is 2. The van der Waals surface area contributed by atoms with Crippen LogP contribution in [0.15, 0.2) is 35.2 Å². The number of hydrogen-bond acceptors (Lipinski definition) is 3. The van der Waals surface area contributed by atoms with Gasteiger partial charge in [0.1, 0.15) is 0 Å². The van der Waals surface area contributed by atoms with E-state index in [1.807, 2.05) is 30.0 Å². The molecular weight excluding hydrogens is 298 g/mol. The van der Waals surface area contributed by atoms with E-state index in [1.54, 1.807) is 0 Å². The maximum absolute atomic E-state index is 12.2. The Balaban J connectivity index is 1.48. The number of carboxylic acids is 1. The molecule has 2 N–H and O–H groups in total. The van der Waals surface area contributed by atoms with E-state index in [-0.39, 0.29) is 22.5 Å². The predicted octanol–water partition coefficient (Wildman–Crippen LogP) is 2.93. The second kappa shape index (κ2) is 6.32. The second-order valence-electron chi connectivity index (χ2n) is 6.36. The van der Waals surface area contributed by atoms with Gasteiger partial charge in [-0.25, -0.2) is 0 Å². The van der Waals surface area contributed by atoms with Gasteiger partial charge in [0, 0.05) is 22.1 Å². The molecule has 0 aliphatic heterocycles. The summed E-state index contributed by atoms with van der Waals surface area (Å²) in [7, 11) is 0. The Morgan fingerprint density at radius 1 is 1.18 bits per heavy atom. The summed E-state index contributed by atoms with van der Waals surface area (Å²) >= 11 is 1.84. The first kappa shape index (κ1) is 15.4. The average molecular weight is 319 g/mol. The number of carbonyl (C=O) groups excluding carboxylic acids is 1. The Morgan fingerprint density at radius 3 is 2.45 bits per heavy atom. The summed E-state index contributed by atoms with van der Waals surface area (Å²) in [5, 5.41) is 12.1. The molecule has 1 amide bonds. The molecule has 22 heavy (non-hydrogen) atoms. The number of rotatable bonds is 6. The van der Waals surface area contributed by atoms with Crippen LogP contribution in [-0.4, -0.2) is 28.3 Å². The van der Waals surface area contributed by atoms with E-state index in [2.05, 4.69) is 17.4 Å². The monoisotopic (exact) mass is 319 g/mol. The van der Waals surface area contributed by atoms with Crippen molar-refractivity contribution < 1.29 is 14.7 Å². The van der Waals surface area contributed by atoms with Crippen molar-refractivity contribution in [3.8, 4) is 0 Å². The summed E-state index contributed by atoms with van der Waals surface area (Å²) in [5.74, 6) is -1.21. The van der Waals surface area contributed by atoms with Gasteiger partial charge in [-0.2, -0.15) is 0 Å². The van der Waals surface area contributed by atoms with E-state index in [9.17, 15) is 9.59 Å². The lowest BCUT2D eigenvalue weighted by atomic mass is 10.0. The highest BCUT2D eigenvalue weighted by molar-refractivity contribution is 8.01. The third-order valence-corrected chi connectivity index (χ3v) is 6.12. The van der Waals surface area contributed by atoms with Crippen molar-refractivity contribution in [1.29, 1.82) is 0 Å². The summed E-state index contributed by atoms with van der Waals surface area (Å²) in [4.78, 5) is 24.4. The number of benzene rings is 1. The van der Waals surface area contributed by atoms with Gasteiger partial charge in [-0.05, 0) is 44.2 Å². The first-order valence-electron chi connectivity index (χ1n) is 7.83. The standard InChI is InChI=1S/C17H21NO3S/c19-15(12-6-7-13(10-12)16(20)21)18-11-17(8-9-17)22-14-4-2-1-3-5-14/h1-5,12-13H,6-11H2,(H,18,19)(H,20,21)/t12-,13+/m0/s1. The van der Waals surface area contributed by atoms with Crippen molar-refractivity contribution in [3.63, 3.8) is 0 Å². The van der Waals surface area contributed by atoms with Gasteiger partial charge < -0.3 is 10.4 Å². The lowest BCUT2D eigenvalue weighted by molar-refractivity contribution is -0.141. The fourth-order valence-electron chi connectivity index (χ4n) is 3.03. The maximum Gasteiger partial charge on any atom is 0.306 e. The first-order valence-corrected chi connectivity index (χ1v) is 8.64. The zero-order chi connectivity index (χ0) is 15.6. The SMILES string of the molecule is O=C(O)[C@@H]1CC[C@H](C(=O)NCC2(Sc3ccccc3)CC2)C1. The van der Waals surface area contributed by atoms with E-state index < -0.39 is 5.97 Å². The van der Waals surface area contributed by atoms with Crippen LogP contribution < -0.4 is 5.32 Å². The van der Waals surface area contributed by atoms with Crippen molar-refractivity contribution in [1.82, 2.24) is 5.32 Å². The Bertz CT molecular complexity index is 556. The number of nitrogens with one attached hydrogen (secondary N) is 1. The molecule has 0 spiro atoms. The smallest absolute Gasteiger partial charge is 0.306 e. The van der Waals surface area contributed by atoms with Gasteiger partial charge in [-0.15, -0.1) is 11.8 Å².